The number of nitrogens with zero attached hydrogens (tertiary/aromatic N) is 1. The number of Topliss-reactive ketones (excluding diaryl/α,β-unsaturated/α-hetero) is 1. The summed E-state index contributed by atoms with van der Waals surface area (Å²) < 4.78 is 32.0. The summed E-state index contributed by atoms with van der Waals surface area (Å²) in [5.41, 5.74) is 3.20. The lowest BCUT2D eigenvalue weighted by Crippen LogP contribution is -2.31. The Hall–Kier alpha value is -3.04. The van der Waals surface area contributed by atoms with E-state index in [2.05, 4.69) is 5.32 Å². The molecular weight excluding hydrogens is 456 g/mol. The predicted molar refractivity (Wildman–Crippen MR) is 130 cm³/mol. The summed E-state index contributed by atoms with van der Waals surface area (Å²) >= 11 is 0. The van der Waals surface area contributed by atoms with Crippen molar-refractivity contribution in [3.8, 4) is 0 Å². The van der Waals surface area contributed by atoms with Crippen molar-refractivity contribution in [2.75, 3.05) is 25.0 Å². The minimum Gasteiger partial charge on any atom is -0.456 e. The van der Waals surface area contributed by atoms with E-state index in [1.165, 1.54) is 10.4 Å². The van der Waals surface area contributed by atoms with Crippen LogP contribution in [0, 0.1) is 20.8 Å². The summed E-state index contributed by atoms with van der Waals surface area (Å²) in [4.78, 5) is 36.8. The lowest BCUT2D eigenvalue weighted by molar-refractivity contribution is -0.147. The Morgan fingerprint density at radius 2 is 1.56 bits per heavy atom. The number of rotatable bonds is 11. The number of hydrogen-bond acceptors (Lipinski definition) is 6. The van der Waals surface area contributed by atoms with Gasteiger partial charge in [0, 0.05) is 30.8 Å². The number of amides is 1. The molecule has 1 N–H and O–H groups in total. The first-order valence-corrected chi connectivity index (χ1v) is 12.6. The summed E-state index contributed by atoms with van der Waals surface area (Å²) in [6.45, 7) is 9.04. The molecule has 0 aliphatic rings. The van der Waals surface area contributed by atoms with Gasteiger partial charge in [-0.25, -0.2) is 8.42 Å². The lowest BCUT2D eigenvalue weighted by Gasteiger charge is -2.20. The van der Waals surface area contributed by atoms with Crippen molar-refractivity contribution in [3.05, 3.63) is 58.7 Å². The van der Waals surface area contributed by atoms with Gasteiger partial charge < -0.3 is 10.1 Å². The number of ketones is 1. The van der Waals surface area contributed by atoms with Crippen molar-refractivity contribution in [1.29, 1.82) is 0 Å². The Bertz CT molecular complexity index is 1170. The van der Waals surface area contributed by atoms with Gasteiger partial charge in [0.05, 0.1) is 11.3 Å². The highest BCUT2D eigenvalue weighted by Gasteiger charge is 2.24. The van der Waals surface area contributed by atoms with E-state index < -0.39 is 28.5 Å². The lowest BCUT2D eigenvalue weighted by atomic mass is 9.99. The van der Waals surface area contributed by atoms with Crippen molar-refractivity contribution in [2.45, 2.75) is 52.4 Å². The number of esters is 1. The Labute approximate surface area is 201 Å². The number of ether oxygens (including phenoxy) is 1. The molecule has 184 valence electrons. The van der Waals surface area contributed by atoms with Gasteiger partial charge in [-0.05, 0) is 50.1 Å². The minimum atomic E-state index is -3.70. The first-order chi connectivity index (χ1) is 16.0. The smallest absolute Gasteiger partial charge is 0.306 e. The number of carbonyl (C=O) groups is 3. The average Bonchev–Trinajstić information content (AvgIpc) is 2.79. The van der Waals surface area contributed by atoms with Crippen LogP contribution < -0.4 is 5.32 Å². The first kappa shape index (κ1) is 27.2. The van der Waals surface area contributed by atoms with E-state index in [4.69, 9.17) is 4.74 Å². The second kappa shape index (κ2) is 11.9. The van der Waals surface area contributed by atoms with Gasteiger partial charge in [0.1, 0.15) is 0 Å². The molecule has 2 aromatic rings. The van der Waals surface area contributed by atoms with Crippen molar-refractivity contribution in [1.82, 2.24) is 4.31 Å². The third-order valence-corrected chi connectivity index (χ3v) is 7.60. The molecule has 2 rings (SSSR count). The fourth-order valence-electron chi connectivity index (χ4n) is 3.46. The van der Waals surface area contributed by atoms with E-state index in [0.717, 1.165) is 11.1 Å². The zero-order valence-electron chi connectivity index (χ0n) is 20.3. The molecule has 0 spiro atoms. The molecule has 0 unspecified atom stereocenters. The van der Waals surface area contributed by atoms with Gasteiger partial charge in [0.15, 0.2) is 12.4 Å². The SMILES string of the molecule is CCN(CC)S(=O)(=O)c1cc(NC(=O)COC(=O)CCC(=O)c2cc(C)ccc2C)ccc1C. The number of anilines is 1. The van der Waals surface area contributed by atoms with Gasteiger partial charge >= 0.3 is 5.97 Å². The minimum absolute atomic E-state index is 0.0186. The number of benzene rings is 2. The van der Waals surface area contributed by atoms with E-state index in [9.17, 15) is 22.8 Å². The summed E-state index contributed by atoms with van der Waals surface area (Å²) in [5.74, 6) is -1.43. The van der Waals surface area contributed by atoms with Gasteiger partial charge in [-0.2, -0.15) is 4.31 Å². The summed E-state index contributed by atoms with van der Waals surface area (Å²) in [6, 6.07) is 10.1. The molecule has 8 nitrogen and oxygen atoms in total. The topological polar surface area (TPSA) is 110 Å². The van der Waals surface area contributed by atoms with Gasteiger partial charge in [-0.3, -0.25) is 14.4 Å². The van der Waals surface area contributed by atoms with E-state index in [-0.39, 0.29) is 29.2 Å². The molecule has 0 aromatic heterocycles. The second-order valence-corrected chi connectivity index (χ2v) is 9.93. The normalized spacial score (nSPS) is 11.4. The van der Waals surface area contributed by atoms with Gasteiger partial charge in [-0.1, -0.05) is 37.6 Å². The Balaban J connectivity index is 1.93. The van der Waals surface area contributed by atoms with Crippen LogP contribution in [-0.4, -0.2) is 50.1 Å². The molecule has 2 aromatic carbocycles. The van der Waals surface area contributed by atoms with Gasteiger partial charge in [0.2, 0.25) is 10.0 Å². The molecular formula is C25H32N2O6S. The maximum absolute atomic E-state index is 12.9. The van der Waals surface area contributed by atoms with Crippen LogP contribution in [0.4, 0.5) is 5.69 Å². The monoisotopic (exact) mass is 488 g/mol. The zero-order chi connectivity index (χ0) is 25.5. The number of aryl methyl sites for hydroxylation is 3. The van der Waals surface area contributed by atoms with E-state index in [0.29, 0.717) is 24.2 Å². The van der Waals surface area contributed by atoms with Crippen LogP contribution in [0.1, 0.15) is 53.7 Å². The van der Waals surface area contributed by atoms with Gasteiger partial charge in [-0.15, -0.1) is 0 Å². The highest BCUT2D eigenvalue weighted by atomic mass is 32.2. The maximum atomic E-state index is 12.9. The van der Waals surface area contributed by atoms with Crippen LogP contribution in [0.5, 0.6) is 0 Å². The van der Waals surface area contributed by atoms with Crippen molar-refractivity contribution >= 4 is 33.4 Å². The Morgan fingerprint density at radius 3 is 2.21 bits per heavy atom. The quantitative estimate of drug-likeness (QED) is 0.381. The van der Waals surface area contributed by atoms with Crippen LogP contribution in [0.25, 0.3) is 0 Å². The number of hydrogen-bond donors (Lipinski definition) is 1. The molecule has 0 fully saturated rings. The average molecular weight is 489 g/mol. The molecule has 1 amide bonds. The van der Waals surface area contributed by atoms with Crippen LogP contribution in [0.15, 0.2) is 41.3 Å². The fourth-order valence-corrected chi connectivity index (χ4v) is 5.17. The summed E-state index contributed by atoms with van der Waals surface area (Å²) in [6.07, 6.45) is -0.161. The largest absolute Gasteiger partial charge is 0.456 e. The fraction of sp³-hybridized carbons (Fsp3) is 0.400. The van der Waals surface area contributed by atoms with Crippen molar-refractivity contribution in [2.24, 2.45) is 0 Å². The number of sulfonamides is 1. The van der Waals surface area contributed by atoms with Crippen molar-refractivity contribution in [3.63, 3.8) is 0 Å². The molecule has 0 aliphatic carbocycles. The third kappa shape index (κ3) is 6.98. The summed E-state index contributed by atoms with van der Waals surface area (Å²) in [5, 5.41) is 2.55. The third-order valence-electron chi connectivity index (χ3n) is 5.41. The molecule has 34 heavy (non-hydrogen) atoms. The van der Waals surface area contributed by atoms with Crippen molar-refractivity contribution < 1.29 is 27.5 Å². The molecule has 0 saturated heterocycles. The Kier molecular flexibility index (Phi) is 9.52. The summed E-state index contributed by atoms with van der Waals surface area (Å²) in [7, 11) is -3.70. The van der Waals surface area contributed by atoms with E-state index >= 15 is 0 Å². The second-order valence-electron chi connectivity index (χ2n) is 8.02. The van der Waals surface area contributed by atoms with E-state index in [1.54, 1.807) is 39.0 Å². The number of carbonyl (C=O) groups excluding carboxylic acids is 3. The first-order valence-electron chi connectivity index (χ1n) is 11.2. The molecule has 0 atom stereocenters. The maximum Gasteiger partial charge on any atom is 0.306 e. The molecule has 0 bridgehead atoms. The van der Waals surface area contributed by atoms with E-state index in [1.807, 2.05) is 26.0 Å². The van der Waals surface area contributed by atoms with Crippen LogP contribution in [-0.2, 0) is 24.3 Å². The molecule has 9 heteroatoms. The predicted octanol–water partition coefficient (Wildman–Crippen LogP) is 3.79. The van der Waals surface area contributed by atoms with Crippen LogP contribution in [0.3, 0.4) is 0 Å². The Morgan fingerprint density at radius 1 is 0.912 bits per heavy atom. The zero-order valence-corrected chi connectivity index (χ0v) is 21.1. The molecule has 0 radical (unpaired) electrons. The highest BCUT2D eigenvalue weighted by Crippen LogP contribution is 2.23. The number of nitrogens with one attached hydrogen (secondary N) is 1. The molecule has 0 heterocycles. The van der Waals surface area contributed by atoms with Crippen LogP contribution >= 0.6 is 0 Å². The standard InChI is InChI=1S/C25H32N2O6S/c1-6-27(7-2)34(31,32)23-15-20(11-10-19(23)5)26-24(29)16-33-25(30)13-12-22(28)21-14-17(3)8-9-18(21)4/h8-11,14-15H,6-7,12-13,16H2,1-5H3,(H,26,29). The molecule has 0 saturated carbocycles. The van der Waals surface area contributed by atoms with Gasteiger partial charge in [0.25, 0.3) is 5.91 Å². The van der Waals surface area contributed by atoms with Crippen LogP contribution in [0.2, 0.25) is 0 Å². The highest BCUT2D eigenvalue weighted by molar-refractivity contribution is 7.89. The molecule has 0 aliphatic heterocycles.